The minimum atomic E-state index is -4.68. The van der Waals surface area contributed by atoms with E-state index in [1.54, 1.807) is 13.8 Å². The molecule has 1 saturated heterocycles. The van der Waals surface area contributed by atoms with E-state index in [0.717, 1.165) is 5.56 Å². The highest BCUT2D eigenvalue weighted by atomic mass is 19.4. The average molecular weight is 349 g/mol. The minimum absolute atomic E-state index is 0.153. The maximum Gasteiger partial charge on any atom is 0.417 e. The number of aliphatic hydroxyl groups is 1. The number of amides is 2. The molecule has 1 unspecified atom stereocenters. The van der Waals surface area contributed by atoms with Crippen LogP contribution < -0.4 is 5.32 Å². The molecule has 2 N–H and O–H groups in total. The summed E-state index contributed by atoms with van der Waals surface area (Å²) in [7, 11) is 0. The first-order chi connectivity index (χ1) is 11.1. The standard InChI is InChI=1S/C15H22F3N3O3/c1-4-11(12-9(2)20-24-10(12)3)19-13(22)21-7-5-14(23,6-8-21)15(16,17)18/h11,23H,4-8H2,1-3H3,(H,19,22). The van der Waals surface area contributed by atoms with Gasteiger partial charge in [-0.2, -0.15) is 13.2 Å². The van der Waals surface area contributed by atoms with Gasteiger partial charge in [0.25, 0.3) is 0 Å². The smallest absolute Gasteiger partial charge is 0.380 e. The SMILES string of the molecule is CCC(NC(=O)N1CCC(O)(C(F)(F)F)CC1)c1c(C)noc1C. The number of aryl methyl sites for hydroxylation is 2. The predicted molar refractivity (Wildman–Crippen MR) is 79.4 cm³/mol. The quantitative estimate of drug-likeness (QED) is 0.880. The highest BCUT2D eigenvalue weighted by molar-refractivity contribution is 5.75. The zero-order valence-corrected chi connectivity index (χ0v) is 13.9. The Morgan fingerprint density at radius 3 is 2.42 bits per heavy atom. The Kier molecular flexibility index (Phi) is 5.12. The Morgan fingerprint density at radius 1 is 1.42 bits per heavy atom. The second-order valence-electron chi connectivity index (χ2n) is 6.16. The van der Waals surface area contributed by atoms with Gasteiger partial charge in [0, 0.05) is 31.5 Å². The Bertz CT molecular complexity index is 573. The summed E-state index contributed by atoms with van der Waals surface area (Å²) in [4.78, 5) is 13.6. The van der Waals surface area contributed by atoms with Gasteiger partial charge in [-0.05, 0) is 20.3 Å². The van der Waals surface area contributed by atoms with Crippen molar-refractivity contribution in [3.05, 3.63) is 17.0 Å². The third-order valence-electron chi connectivity index (χ3n) is 4.55. The Hall–Kier alpha value is -1.77. The van der Waals surface area contributed by atoms with Gasteiger partial charge in [0.1, 0.15) is 5.76 Å². The van der Waals surface area contributed by atoms with Crippen LogP contribution in [0, 0.1) is 13.8 Å². The highest BCUT2D eigenvalue weighted by Crippen LogP contribution is 2.38. The Morgan fingerprint density at radius 2 is 2.00 bits per heavy atom. The molecule has 1 aromatic heterocycles. The molecule has 2 rings (SSSR count). The molecule has 0 saturated carbocycles. The zero-order valence-electron chi connectivity index (χ0n) is 13.9. The molecule has 0 radical (unpaired) electrons. The number of alkyl halides is 3. The Labute approximate surface area is 138 Å². The molecule has 0 spiro atoms. The molecule has 0 bridgehead atoms. The summed E-state index contributed by atoms with van der Waals surface area (Å²) in [5.74, 6) is 0.602. The van der Waals surface area contributed by atoms with Crippen molar-refractivity contribution in [1.29, 1.82) is 0 Å². The number of piperidine rings is 1. The molecule has 1 atom stereocenters. The molecular weight excluding hydrogens is 327 g/mol. The van der Waals surface area contributed by atoms with Gasteiger partial charge in [-0.3, -0.25) is 0 Å². The molecule has 24 heavy (non-hydrogen) atoms. The van der Waals surface area contributed by atoms with E-state index in [1.165, 1.54) is 4.90 Å². The van der Waals surface area contributed by atoms with Gasteiger partial charge < -0.3 is 19.8 Å². The van der Waals surface area contributed by atoms with E-state index in [1.807, 2.05) is 6.92 Å². The molecule has 0 aliphatic carbocycles. The number of carbonyl (C=O) groups excluding carboxylic acids is 1. The molecule has 6 nitrogen and oxygen atoms in total. The number of nitrogens with one attached hydrogen (secondary N) is 1. The van der Waals surface area contributed by atoms with Crippen molar-refractivity contribution >= 4 is 6.03 Å². The second-order valence-corrected chi connectivity index (χ2v) is 6.16. The van der Waals surface area contributed by atoms with E-state index in [-0.39, 0.29) is 19.1 Å². The summed E-state index contributed by atoms with van der Waals surface area (Å²) in [5, 5.41) is 16.3. The second kappa shape index (κ2) is 6.62. The lowest BCUT2D eigenvalue weighted by Crippen LogP contribution is -2.56. The molecular formula is C15H22F3N3O3. The molecule has 1 aliphatic heterocycles. The first-order valence-corrected chi connectivity index (χ1v) is 7.86. The maximum atomic E-state index is 12.8. The third-order valence-corrected chi connectivity index (χ3v) is 4.55. The van der Waals surface area contributed by atoms with Crippen LogP contribution in [0.1, 0.15) is 49.2 Å². The summed E-state index contributed by atoms with van der Waals surface area (Å²) >= 11 is 0. The number of hydrogen-bond acceptors (Lipinski definition) is 4. The number of likely N-dealkylation sites (tertiary alicyclic amines) is 1. The number of rotatable bonds is 3. The van der Waals surface area contributed by atoms with Crippen molar-refractivity contribution in [1.82, 2.24) is 15.4 Å². The van der Waals surface area contributed by atoms with Gasteiger partial charge in [-0.25, -0.2) is 4.79 Å². The summed E-state index contributed by atoms with van der Waals surface area (Å²) in [5.41, 5.74) is -1.25. The normalized spacial score (nSPS) is 19.2. The summed E-state index contributed by atoms with van der Waals surface area (Å²) in [6.07, 6.45) is -5.13. The van der Waals surface area contributed by atoms with Crippen LogP contribution >= 0.6 is 0 Å². The van der Waals surface area contributed by atoms with Crippen LogP contribution in [0.25, 0.3) is 0 Å². The lowest BCUT2D eigenvalue weighted by atomic mass is 9.91. The lowest BCUT2D eigenvalue weighted by molar-refractivity contribution is -0.271. The van der Waals surface area contributed by atoms with Crippen molar-refractivity contribution in [3.63, 3.8) is 0 Å². The minimum Gasteiger partial charge on any atom is -0.380 e. The van der Waals surface area contributed by atoms with Crippen LogP contribution in [0.2, 0.25) is 0 Å². The number of hydrogen-bond donors (Lipinski definition) is 2. The number of urea groups is 1. The van der Waals surface area contributed by atoms with Gasteiger partial charge in [0.15, 0.2) is 5.60 Å². The predicted octanol–water partition coefficient (Wildman–Crippen LogP) is 2.84. The van der Waals surface area contributed by atoms with Crippen LogP contribution in [-0.2, 0) is 0 Å². The lowest BCUT2D eigenvalue weighted by Gasteiger charge is -2.39. The Balaban J connectivity index is 2.01. The van der Waals surface area contributed by atoms with Gasteiger partial charge in [-0.1, -0.05) is 12.1 Å². The van der Waals surface area contributed by atoms with E-state index in [9.17, 15) is 23.1 Å². The number of halogens is 3. The van der Waals surface area contributed by atoms with Gasteiger partial charge in [0.05, 0.1) is 11.7 Å². The largest absolute Gasteiger partial charge is 0.417 e. The third kappa shape index (κ3) is 3.50. The number of carbonyl (C=O) groups is 1. The van der Waals surface area contributed by atoms with E-state index < -0.39 is 30.7 Å². The monoisotopic (exact) mass is 349 g/mol. The molecule has 2 heterocycles. The van der Waals surface area contributed by atoms with Gasteiger partial charge in [-0.15, -0.1) is 0 Å². The van der Waals surface area contributed by atoms with Crippen molar-refractivity contribution in [2.45, 2.75) is 57.9 Å². The number of nitrogens with zero attached hydrogens (tertiary/aromatic N) is 2. The van der Waals surface area contributed by atoms with Crippen LogP contribution in [0.5, 0.6) is 0 Å². The molecule has 136 valence electrons. The average Bonchev–Trinajstić information content (AvgIpc) is 2.83. The van der Waals surface area contributed by atoms with Crippen molar-refractivity contribution in [2.75, 3.05) is 13.1 Å². The maximum absolute atomic E-state index is 12.8. The van der Waals surface area contributed by atoms with E-state index in [2.05, 4.69) is 10.5 Å². The molecule has 1 aromatic rings. The summed E-state index contributed by atoms with van der Waals surface area (Å²) in [6.45, 7) is 5.09. The molecule has 9 heteroatoms. The number of aromatic nitrogens is 1. The van der Waals surface area contributed by atoms with E-state index in [0.29, 0.717) is 17.9 Å². The molecule has 1 fully saturated rings. The van der Waals surface area contributed by atoms with Crippen molar-refractivity contribution in [2.24, 2.45) is 0 Å². The zero-order chi connectivity index (χ0) is 18.1. The fourth-order valence-electron chi connectivity index (χ4n) is 2.97. The summed E-state index contributed by atoms with van der Waals surface area (Å²) in [6, 6.07) is -0.779. The van der Waals surface area contributed by atoms with Crippen LogP contribution in [0.3, 0.4) is 0 Å². The van der Waals surface area contributed by atoms with Crippen molar-refractivity contribution < 1.29 is 27.6 Å². The van der Waals surface area contributed by atoms with Crippen LogP contribution in [-0.4, -0.2) is 46.1 Å². The van der Waals surface area contributed by atoms with Gasteiger partial charge >= 0.3 is 12.2 Å². The fourth-order valence-corrected chi connectivity index (χ4v) is 2.97. The summed E-state index contributed by atoms with van der Waals surface area (Å²) < 4.78 is 43.5. The first kappa shape index (κ1) is 18.6. The van der Waals surface area contributed by atoms with Crippen LogP contribution in [0.4, 0.5) is 18.0 Å². The highest BCUT2D eigenvalue weighted by Gasteiger charge is 2.54. The first-order valence-electron chi connectivity index (χ1n) is 7.86. The molecule has 1 aliphatic rings. The molecule has 0 aromatic carbocycles. The van der Waals surface area contributed by atoms with Crippen molar-refractivity contribution in [3.8, 4) is 0 Å². The van der Waals surface area contributed by atoms with Gasteiger partial charge in [0.2, 0.25) is 0 Å². The van der Waals surface area contributed by atoms with Crippen LogP contribution in [0.15, 0.2) is 4.52 Å². The topological polar surface area (TPSA) is 78.6 Å². The fraction of sp³-hybridized carbons (Fsp3) is 0.733. The molecule has 2 amide bonds. The van der Waals surface area contributed by atoms with E-state index >= 15 is 0 Å². The van der Waals surface area contributed by atoms with E-state index in [4.69, 9.17) is 4.52 Å².